The minimum Gasteiger partial charge on any atom is -0.350 e. The number of thioether (sulfide) groups is 1. The van der Waals surface area contributed by atoms with Crippen LogP contribution in [0.3, 0.4) is 0 Å². The van der Waals surface area contributed by atoms with Crippen LogP contribution in [0.2, 0.25) is 0 Å². The Morgan fingerprint density at radius 2 is 2.12 bits per heavy atom. The molecule has 2 heterocycles. The third kappa shape index (κ3) is 5.03. The van der Waals surface area contributed by atoms with Crippen LogP contribution in [0.25, 0.3) is 6.08 Å². The minimum absolute atomic E-state index is 0.234. The topological polar surface area (TPSA) is 90.5 Å². The number of nitrogens with one attached hydrogen (secondary N) is 1. The highest BCUT2D eigenvalue weighted by Crippen LogP contribution is 2.11. The summed E-state index contributed by atoms with van der Waals surface area (Å²) in [4.78, 5) is 12.1. The van der Waals surface area contributed by atoms with Gasteiger partial charge in [-0.3, -0.25) is 4.79 Å². The van der Waals surface area contributed by atoms with E-state index in [2.05, 4.69) is 25.8 Å². The first-order chi connectivity index (χ1) is 12.7. The Morgan fingerprint density at radius 1 is 1.27 bits per heavy atom. The average molecular weight is 369 g/mol. The van der Waals surface area contributed by atoms with Gasteiger partial charge in [-0.05, 0) is 5.56 Å². The van der Waals surface area contributed by atoms with Gasteiger partial charge in [0.1, 0.15) is 6.33 Å². The van der Waals surface area contributed by atoms with Gasteiger partial charge in [0.15, 0.2) is 10.9 Å². The van der Waals surface area contributed by atoms with E-state index in [0.717, 1.165) is 10.7 Å². The summed E-state index contributed by atoms with van der Waals surface area (Å²) in [5, 5.41) is 19.3. The molecule has 0 radical (unpaired) electrons. The zero-order valence-corrected chi connectivity index (χ0v) is 15.1. The Morgan fingerprint density at radius 3 is 2.88 bits per heavy atom. The maximum Gasteiger partial charge on any atom is 0.273 e. The van der Waals surface area contributed by atoms with Crippen LogP contribution >= 0.6 is 11.8 Å². The second-order valence-corrected chi connectivity index (χ2v) is 6.53. The lowest BCUT2D eigenvalue weighted by atomic mass is 10.2. The van der Waals surface area contributed by atoms with Crippen LogP contribution < -0.4 is 5.32 Å². The van der Waals surface area contributed by atoms with E-state index in [0.29, 0.717) is 24.5 Å². The van der Waals surface area contributed by atoms with Gasteiger partial charge in [-0.2, -0.15) is 0 Å². The quantitative estimate of drug-likeness (QED) is 0.479. The van der Waals surface area contributed by atoms with Gasteiger partial charge in [-0.1, -0.05) is 59.5 Å². The molecule has 26 heavy (non-hydrogen) atoms. The highest BCUT2D eigenvalue weighted by Gasteiger charge is 2.10. The molecule has 3 rings (SSSR count). The second kappa shape index (κ2) is 8.95. The molecule has 3 aromatic rings. The number of hydrogen-bond acceptors (Lipinski definition) is 6. The van der Waals surface area contributed by atoms with Crippen molar-refractivity contribution in [1.29, 1.82) is 0 Å². The molecule has 0 saturated carbocycles. The Balaban J connectivity index is 1.42. The van der Waals surface area contributed by atoms with Crippen LogP contribution in [0.15, 0.2) is 54.1 Å². The first-order valence-electron chi connectivity index (χ1n) is 8.09. The van der Waals surface area contributed by atoms with Crippen LogP contribution in [0.5, 0.6) is 0 Å². The van der Waals surface area contributed by atoms with Crippen molar-refractivity contribution in [2.24, 2.45) is 7.05 Å². The summed E-state index contributed by atoms with van der Waals surface area (Å²) < 4.78 is 3.46. The molecule has 0 unspecified atom stereocenters. The van der Waals surface area contributed by atoms with Gasteiger partial charge < -0.3 is 9.88 Å². The molecule has 0 saturated heterocycles. The number of amides is 1. The highest BCUT2D eigenvalue weighted by molar-refractivity contribution is 7.99. The Labute approximate surface area is 155 Å². The Hall–Kier alpha value is -2.94. The molecular weight excluding hydrogens is 350 g/mol. The zero-order valence-electron chi connectivity index (χ0n) is 14.3. The first kappa shape index (κ1) is 17.9. The van der Waals surface area contributed by atoms with Gasteiger partial charge in [-0.25, -0.2) is 4.68 Å². The lowest BCUT2D eigenvalue weighted by Crippen LogP contribution is -2.26. The SMILES string of the molecule is Cn1cnnc1SCCNC(=O)c1cn(CC=Cc2ccccc2)nn1. The van der Waals surface area contributed by atoms with E-state index in [9.17, 15) is 4.79 Å². The van der Waals surface area contributed by atoms with E-state index < -0.39 is 0 Å². The maximum absolute atomic E-state index is 12.1. The molecule has 9 heteroatoms. The molecule has 134 valence electrons. The van der Waals surface area contributed by atoms with Crippen molar-refractivity contribution in [3.8, 4) is 0 Å². The summed E-state index contributed by atoms with van der Waals surface area (Å²) in [6.07, 6.45) is 7.26. The van der Waals surface area contributed by atoms with Crippen molar-refractivity contribution in [2.75, 3.05) is 12.3 Å². The largest absolute Gasteiger partial charge is 0.350 e. The van der Waals surface area contributed by atoms with Crippen LogP contribution in [-0.2, 0) is 13.6 Å². The first-order valence-corrected chi connectivity index (χ1v) is 9.07. The number of benzene rings is 1. The number of hydrogen-bond donors (Lipinski definition) is 1. The van der Waals surface area contributed by atoms with Gasteiger partial charge in [0.2, 0.25) is 0 Å². The third-order valence-electron chi connectivity index (χ3n) is 3.46. The van der Waals surface area contributed by atoms with Gasteiger partial charge >= 0.3 is 0 Å². The number of allylic oxidation sites excluding steroid dienone is 1. The Bertz CT molecular complexity index is 872. The fourth-order valence-electron chi connectivity index (χ4n) is 2.15. The molecule has 0 bridgehead atoms. The highest BCUT2D eigenvalue weighted by atomic mass is 32.2. The number of rotatable bonds is 8. The van der Waals surface area contributed by atoms with Crippen LogP contribution in [0.1, 0.15) is 16.1 Å². The van der Waals surface area contributed by atoms with Gasteiger partial charge in [-0.15, -0.1) is 15.3 Å². The number of carbonyl (C=O) groups excluding carboxylic acids is 1. The molecule has 0 aliphatic heterocycles. The van der Waals surface area contributed by atoms with Crippen molar-refractivity contribution >= 4 is 23.7 Å². The predicted octanol–water partition coefficient (Wildman–Crippen LogP) is 1.64. The number of carbonyl (C=O) groups is 1. The fourth-order valence-corrected chi connectivity index (χ4v) is 2.90. The van der Waals surface area contributed by atoms with Gasteiger partial charge in [0.05, 0.1) is 12.7 Å². The summed E-state index contributed by atoms with van der Waals surface area (Å²) in [6, 6.07) is 10.00. The van der Waals surface area contributed by atoms with Crippen LogP contribution in [0, 0.1) is 0 Å². The van der Waals surface area contributed by atoms with Gasteiger partial charge in [0.25, 0.3) is 5.91 Å². The molecule has 0 spiro atoms. The molecule has 1 N–H and O–H groups in total. The summed E-state index contributed by atoms with van der Waals surface area (Å²) in [7, 11) is 1.88. The van der Waals surface area contributed by atoms with Crippen LogP contribution in [0.4, 0.5) is 0 Å². The standard InChI is InChI=1S/C17H19N7OS/c1-23-13-19-21-17(23)26-11-9-18-16(25)15-12-24(22-20-15)10-5-8-14-6-3-2-4-7-14/h2-8,12-13H,9-11H2,1H3,(H,18,25). The molecule has 1 aromatic carbocycles. The average Bonchev–Trinajstić information content (AvgIpc) is 3.29. The predicted molar refractivity (Wildman–Crippen MR) is 99.6 cm³/mol. The molecule has 1 amide bonds. The minimum atomic E-state index is -0.234. The molecule has 0 aliphatic rings. The summed E-state index contributed by atoms with van der Waals surface area (Å²) in [5.41, 5.74) is 1.42. The second-order valence-electron chi connectivity index (χ2n) is 5.47. The monoisotopic (exact) mass is 369 g/mol. The lowest BCUT2D eigenvalue weighted by molar-refractivity contribution is 0.0951. The normalized spacial score (nSPS) is 11.1. The van der Waals surface area contributed by atoms with Crippen molar-refractivity contribution in [1.82, 2.24) is 35.1 Å². The summed E-state index contributed by atoms with van der Waals surface area (Å²) in [6.45, 7) is 1.06. The molecular formula is C17H19N7OS. The molecule has 2 aromatic heterocycles. The zero-order chi connectivity index (χ0) is 18.2. The lowest BCUT2D eigenvalue weighted by Gasteiger charge is -2.02. The van der Waals surface area contributed by atoms with Crippen LogP contribution in [-0.4, -0.2) is 48.0 Å². The van der Waals surface area contributed by atoms with E-state index in [4.69, 9.17) is 0 Å². The molecule has 0 aliphatic carbocycles. The summed E-state index contributed by atoms with van der Waals surface area (Å²) >= 11 is 1.53. The van der Waals surface area contributed by atoms with Crippen molar-refractivity contribution in [3.63, 3.8) is 0 Å². The van der Waals surface area contributed by atoms with E-state index in [1.807, 2.05) is 54.1 Å². The number of nitrogens with zero attached hydrogens (tertiary/aromatic N) is 6. The number of aryl methyl sites for hydroxylation is 1. The van der Waals surface area contributed by atoms with Crippen molar-refractivity contribution in [3.05, 3.63) is 60.2 Å². The third-order valence-corrected chi connectivity index (χ3v) is 4.50. The molecule has 0 fully saturated rings. The molecule has 0 atom stereocenters. The maximum atomic E-state index is 12.1. The van der Waals surface area contributed by atoms with Gasteiger partial charge in [0, 0.05) is 19.3 Å². The van der Waals surface area contributed by atoms with E-state index in [1.165, 1.54) is 11.8 Å². The van der Waals surface area contributed by atoms with E-state index in [-0.39, 0.29) is 5.91 Å². The fraction of sp³-hybridized carbons (Fsp3) is 0.235. The molecule has 8 nitrogen and oxygen atoms in total. The smallest absolute Gasteiger partial charge is 0.273 e. The number of aromatic nitrogens is 6. The van der Waals surface area contributed by atoms with E-state index >= 15 is 0 Å². The Kier molecular flexibility index (Phi) is 6.15. The van der Waals surface area contributed by atoms with E-state index in [1.54, 1.807) is 17.2 Å². The van der Waals surface area contributed by atoms with Crippen molar-refractivity contribution < 1.29 is 4.79 Å². The van der Waals surface area contributed by atoms with Crippen molar-refractivity contribution in [2.45, 2.75) is 11.7 Å². The summed E-state index contributed by atoms with van der Waals surface area (Å²) in [5.74, 6) is 0.466.